The predicted molar refractivity (Wildman–Crippen MR) is 74.5 cm³/mol. The lowest BCUT2D eigenvalue weighted by Crippen LogP contribution is -2.33. The first kappa shape index (κ1) is 14.5. The predicted octanol–water partition coefficient (Wildman–Crippen LogP) is -1.26. The normalized spacial score (nSPS) is 29.3. The second-order valence-electron chi connectivity index (χ2n) is 4.63. The monoisotopic (exact) mass is 313 g/mol. The van der Waals surface area contributed by atoms with Crippen LogP contribution in [0.4, 0.5) is 5.82 Å². The van der Waals surface area contributed by atoms with Crippen LogP contribution in [0.25, 0.3) is 11.2 Å². The molecular formula is C11H15N5O4S. The fourth-order valence-corrected chi connectivity index (χ4v) is 2.94. The topological polar surface area (TPSA) is 140 Å². The number of hydrogen-bond donors (Lipinski definition) is 4. The van der Waals surface area contributed by atoms with Gasteiger partial charge in [-0.25, -0.2) is 15.0 Å². The molecule has 9 nitrogen and oxygen atoms in total. The summed E-state index contributed by atoms with van der Waals surface area (Å²) in [7, 11) is 0. The molecule has 2 aromatic heterocycles. The van der Waals surface area contributed by atoms with Crippen LogP contribution in [0.15, 0.2) is 11.5 Å². The third-order valence-corrected chi connectivity index (χ3v) is 4.08. The first-order chi connectivity index (χ1) is 10.1. The number of nitrogens with two attached hydrogens (primary N) is 1. The summed E-state index contributed by atoms with van der Waals surface area (Å²) in [5.74, 6) is 0.223. The van der Waals surface area contributed by atoms with E-state index in [1.54, 1.807) is 4.57 Å². The molecule has 0 unspecified atom stereocenters. The van der Waals surface area contributed by atoms with Crippen LogP contribution in [0, 0.1) is 0 Å². The Labute approximate surface area is 123 Å². The Bertz CT molecular complexity index is 665. The van der Waals surface area contributed by atoms with Crippen LogP contribution in [0.2, 0.25) is 0 Å². The first-order valence-electron chi connectivity index (χ1n) is 6.23. The second kappa shape index (κ2) is 5.39. The number of anilines is 1. The molecule has 3 rings (SSSR count). The van der Waals surface area contributed by atoms with Gasteiger partial charge in [-0.15, -0.1) is 0 Å². The number of nitrogen functional groups attached to an aromatic ring is 1. The number of hydrogen-bond acceptors (Lipinski definition) is 9. The van der Waals surface area contributed by atoms with Crippen LogP contribution < -0.4 is 5.73 Å². The van der Waals surface area contributed by atoms with E-state index in [9.17, 15) is 15.3 Å². The van der Waals surface area contributed by atoms with Gasteiger partial charge in [0.25, 0.3) is 0 Å². The van der Waals surface area contributed by atoms with E-state index in [1.807, 2.05) is 6.26 Å². The lowest BCUT2D eigenvalue weighted by molar-refractivity contribution is -0.0548. The van der Waals surface area contributed by atoms with Crippen molar-refractivity contribution in [3.8, 4) is 0 Å². The first-order valence-corrected chi connectivity index (χ1v) is 7.45. The van der Waals surface area contributed by atoms with Gasteiger partial charge in [0, 0.05) is 0 Å². The van der Waals surface area contributed by atoms with E-state index in [2.05, 4.69) is 15.0 Å². The maximum atomic E-state index is 10.2. The number of nitrogens with zero attached hydrogens (tertiary/aromatic N) is 4. The number of imidazole rings is 1. The van der Waals surface area contributed by atoms with Crippen LogP contribution in [-0.2, 0) is 4.74 Å². The van der Waals surface area contributed by atoms with Crippen LogP contribution in [0.5, 0.6) is 0 Å². The van der Waals surface area contributed by atoms with Crippen molar-refractivity contribution in [2.24, 2.45) is 0 Å². The van der Waals surface area contributed by atoms with Crippen molar-refractivity contribution in [3.05, 3.63) is 6.33 Å². The van der Waals surface area contributed by atoms with E-state index in [1.165, 1.54) is 18.1 Å². The van der Waals surface area contributed by atoms with Crippen molar-refractivity contribution < 1.29 is 20.1 Å². The van der Waals surface area contributed by atoms with E-state index >= 15 is 0 Å². The summed E-state index contributed by atoms with van der Waals surface area (Å²) in [6, 6.07) is 0. The molecule has 21 heavy (non-hydrogen) atoms. The van der Waals surface area contributed by atoms with Gasteiger partial charge in [-0.1, -0.05) is 11.8 Å². The average Bonchev–Trinajstić information content (AvgIpc) is 2.99. The molecule has 0 aromatic carbocycles. The minimum Gasteiger partial charge on any atom is -0.394 e. The zero-order chi connectivity index (χ0) is 15.1. The van der Waals surface area contributed by atoms with Gasteiger partial charge in [0.1, 0.15) is 24.6 Å². The minimum atomic E-state index is -1.21. The van der Waals surface area contributed by atoms with Crippen LogP contribution in [-0.4, -0.2) is 66.0 Å². The van der Waals surface area contributed by atoms with Gasteiger partial charge >= 0.3 is 0 Å². The molecule has 1 aliphatic rings. The molecule has 2 aromatic rings. The molecular weight excluding hydrogens is 298 g/mol. The van der Waals surface area contributed by atoms with Crippen molar-refractivity contribution in [2.75, 3.05) is 18.6 Å². The zero-order valence-electron chi connectivity index (χ0n) is 11.1. The largest absolute Gasteiger partial charge is 0.394 e. The fourth-order valence-electron chi connectivity index (χ4n) is 2.37. The lowest BCUT2D eigenvalue weighted by atomic mass is 10.1. The molecule has 1 aliphatic heterocycles. The van der Waals surface area contributed by atoms with Gasteiger partial charge in [0.2, 0.25) is 0 Å². The summed E-state index contributed by atoms with van der Waals surface area (Å²) in [5.41, 5.74) is 6.59. The number of fused-ring (bicyclic) bond motifs is 1. The highest BCUT2D eigenvalue weighted by molar-refractivity contribution is 7.98. The van der Waals surface area contributed by atoms with E-state index < -0.39 is 31.1 Å². The Balaban J connectivity index is 2.14. The molecule has 114 valence electrons. The van der Waals surface area contributed by atoms with E-state index in [0.29, 0.717) is 16.3 Å². The molecule has 0 aliphatic carbocycles. The molecule has 0 spiro atoms. The van der Waals surface area contributed by atoms with Gasteiger partial charge in [0.05, 0.1) is 6.61 Å². The van der Waals surface area contributed by atoms with Gasteiger partial charge < -0.3 is 25.8 Å². The minimum absolute atomic E-state index is 0.223. The highest BCUT2D eigenvalue weighted by atomic mass is 32.2. The Morgan fingerprint density at radius 1 is 1.38 bits per heavy atom. The Morgan fingerprint density at radius 3 is 2.76 bits per heavy atom. The molecule has 0 radical (unpaired) electrons. The SMILES string of the molecule is CSc1nc2c(N)ncnc2n1[C@@H]1O[C@@H](CO)[C@@H](O)[C@@H]1O. The molecule has 1 saturated heterocycles. The maximum Gasteiger partial charge on any atom is 0.172 e. The maximum absolute atomic E-state index is 10.2. The molecule has 0 saturated carbocycles. The van der Waals surface area contributed by atoms with Crippen molar-refractivity contribution in [2.45, 2.75) is 29.7 Å². The van der Waals surface area contributed by atoms with Crippen molar-refractivity contribution >= 4 is 28.7 Å². The van der Waals surface area contributed by atoms with Gasteiger partial charge in [-0.05, 0) is 6.26 Å². The summed E-state index contributed by atoms with van der Waals surface area (Å²) >= 11 is 1.32. The summed E-state index contributed by atoms with van der Waals surface area (Å²) in [6.45, 7) is -0.396. The van der Waals surface area contributed by atoms with Crippen LogP contribution >= 0.6 is 11.8 Å². The van der Waals surface area contributed by atoms with Gasteiger partial charge in [-0.3, -0.25) is 4.57 Å². The number of aliphatic hydroxyl groups excluding tert-OH is 3. The standard InChI is InChI=1S/C11H15N5O4S/c1-21-11-15-5-8(12)13-3-14-9(5)16(11)10-7(19)6(18)4(2-17)20-10/h3-4,6-7,10,17-19H,2H2,1H3,(H2,12,13,14)/t4-,6+,7-,10+/m0/s1. The number of rotatable bonds is 3. The number of thioether (sulfide) groups is 1. The molecule has 10 heteroatoms. The van der Waals surface area contributed by atoms with Crippen molar-refractivity contribution in [3.63, 3.8) is 0 Å². The molecule has 3 heterocycles. The summed E-state index contributed by atoms with van der Waals surface area (Å²) in [4.78, 5) is 12.3. The van der Waals surface area contributed by atoms with E-state index in [0.717, 1.165) is 0 Å². The Morgan fingerprint density at radius 2 is 2.14 bits per heavy atom. The van der Waals surface area contributed by atoms with Gasteiger partial charge in [0.15, 0.2) is 28.4 Å². The molecule has 0 bridgehead atoms. The van der Waals surface area contributed by atoms with E-state index in [-0.39, 0.29) is 5.82 Å². The van der Waals surface area contributed by atoms with Crippen LogP contribution in [0.3, 0.4) is 0 Å². The Hall–Kier alpha value is -1.46. The quantitative estimate of drug-likeness (QED) is 0.511. The van der Waals surface area contributed by atoms with Crippen molar-refractivity contribution in [1.29, 1.82) is 0 Å². The molecule has 0 amide bonds. The second-order valence-corrected chi connectivity index (χ2v) is 5.40. The third kappa shape index (κ3) is 2.15. The van der Waals surface area contributed by atoms with Gasteiger partial charge in [-0.2, -0.15) is 0 Å². The third-order valence-electron chi connectivity index (χ3n) is 3.43. The summed E-state index contributed by atoms with van der Waals surface area (Å²) < 4.78 is 7.09. The molecule has 4 atom stereocenters. The van der Waals surface area contributed by atoms with Crippen molar-refractivity contribution in [1.82, 2.24) is 19.5 Å². The summed E-state index contributed by atoms with van der Waals surface area (Å²) in [6.07, 6.45) is -1.06. The smallest absolute Gasteiger partial charge is 0.172 e. The Kier molecular flexibility index (Phi) is 3.71. The number of aromatic nitrogens is 4. The van der Waals surface area contributed by atoms with Crippen LogP contribution in [0.1, 0.15) is 6.23 Å². The number of ether oxygens (including phenoxy) is 1. The highest BCUT2D eigenvalue weighted by Gasteiger charge is 2.44. The molecule has 5 N–H and O–H groups in total. The number of aliphatic hydroxyl groups is 3. The fraction of sp³-hybridized carbons (Fsp3) is 0.545. The zero-order valence-corrected chi connectivity index (χ0v) is 11.9. The molecule has 1 fully saturated rings. The highest BCUT2D eigenvalue weighted by Crippen LogP contribution is 2.35. The van der Waals surface area contributed by atoms with E-state index in [4.69, 9.17) is 10.5 Å². The summed E-state index contributed by atoms with van der Waals surface area (Å²) in [5, 5.41) is 29.7. The average molecular weight is 313 g/mol. The lowest BCUT2D eigenvalue weighted by Gasteiger charge is -2.18.